The van der Waals surface area contributed by atoms with Crippen molar-refractivity contribution >= 4 is 22.9 Å². The van der Waals surface area contributed by atoms with E-state index < -0.39 is 12.0 Å². The van der Waals surface area contributed by atoms with Crippen LogP contribution in [-0.4, -0.2) is 32.2 Å². The van der Waals surface area contributed by atoms with Crippen LogP contribution < -0.4 is 11.0 Å². The van der Waals surface area contributed by atoms with E-state index in [4.69, 9.17) is 5.11 Å². The zero-order chi connectivity index (χ0) is 17.0. The summed E-state index contributed by atoms with van der Waals surface area (Å²) in [5.41, 5.74) is 1.48. The molecule has 1 heterocycles. The number of nitrogens with zero attached hydrogens (tertiary/aromatic N) is 2. The highest BCUT2D eigenvalue weighted by Crippen LogP contribution is 2.13. The minimum atomic E-state index is -1.09. The number of aryl methyl sites for hydroxylation is 2. The molecule has 2 aromatic rings. The molecule has 7 heteroatoms. The number of hydrogen-bond acceptors (Lipinski definition) is 3. The number of carbonyl (C=O) groups is 2. The van der Waals surface area contributed by atoms with Gasteiger partial charge in [-0.15, -0.1) is 0 Å². The second-order valence-corrected chi connectivity index (χ2v) is 5.45. The Hall–Kier alpha value is -2.57. The summed E-state index contributed by atoms with van der Waals surface area (Å²) in [5.74, 6) is -1.48. The summed E-state index contributed by atoms with van der Waals surface area (Å²) >= 11 is 0. The first kappa shape index (κ1) is 16.8. The van der Waals surface area contributed by atoms with Gasteiger partial charge in [-0.1, -0.05) is 19.1 Å². The number of nitrogens with one attached hydrogen (secondary N) is 1. The summed E-state index contributed by atoms with van der Waals surface area (Å²) in [6.07, 6.45) is 0.891. The first-order chi connectivity index (χ1) is 11.0. The van der Waals surface area contributed by atoms with Crippen LogP contribution in [0, 0.1) is 0 Å². The van der Waals surface area contributed by atoms with Crippen LogP contribution in [-0.2, 0) is 22.7 Å². The molecule has 0 aliphatic carbocycles. The largest absolute Gasteiger partial charge is 0.480 e. The molecule has 0 unspecified atom stereocenters. The number of fused-ring (bicyclic) bond motifs is 1. The third-order valence-corrected chi connectivity index (χ3v) is 3.68. The second kappa shape index (κ2) is 7.13. The highest BCUT2D eigenvalue weighted by atomic mass is 16.4. The Morgan fingerprint density at radius 3 is 2.26 bits per heavy atom. The topological polar surface area (TPSA) is 93.3 Å². The molecule has 0 aliphatic rings. The van der Waals surface area contributed by atoms with E-state index in [1.54, 1.807) is 9.13 Å². The average Bonchev–Trinajstić information content (AvgIpc) is 2.78. The standard InChI is InChI=1S/C16H21N3O4/c1-3-9-18-12-6-4-5-7-13(12)19(16(18)23)10-8-14(20)17-11(2)15(21)22/h4-7,11H,3,8-10H2,1-2H3,(H,17,20)(H,21,22)/t11-/m0/s1. The van der Waals surface area contributed by atoms with Gasteiger partial charge in [0.2, 0.25) is 5.91 Å². The average molecular weight is 319 g/mol. The van der Waals surface area contributed by atoms with Gasteiger partial charge in [-0.3, -0.25) is 18.7 Å². The van der Waals surface area contributed by atoms with E-state index in [-0.39, 0.29) is 24.6 Å². The van der Waals surface area contributed by atoms with Crippen molar-refractivity contribution in [2.75, 3.05) is 0 Å². The summed E-state index contributed by atoms with van der Waals surface area (Å²) < 4.78 is 3.27. The molecule has 23 heavy (non-hydrogen) atoms. The molecular formula is C16H21N3O4. The van der Waals surface area contributed by atoms with E-state index in [0.717, 1.165) is 17.5 Å². The van der Waals surface area contributed by atoms with Crippen LogP contribution in [0.5, 0.6) is 0 Å². The van der Waals surface area contributed by atoms with Gasteiger partial charge in [-0.25, -0.2) is 4.79 Å². The van der Waals surface area contributed by atoms with Gasteiger partial charge in [0, 0.05) is 19.5 Å². The van der Waals surface area contributed by atoms with E-state index in [0.29, 0.717) is 6.54 Å². The number of imidazole rings is 1. The van der Waals surface area contributed by atoms with E-state index in [9.17, 15) is 14.4 Å². The zero-order valence-corrected chi connectivity index (χ0v) is 13.3. The molecule has 0 bridgehead atoms. The highest BCUT2D eigenvalue weighted by molar-refractivity contribution is 5.83. The number of aliphatic carboxylic acids is 1. The number of hydrogen-bond donors (Lipinski definition) is 2. The van der Waals surface area contributed by atoms with Crippen LogP contribution in [0.4, 0.5) is 0 Å². The lowest BCUT2D eigenvalue weighted by atomic mass is 10.3. The SMILES string of the molecule is CCCn1c(=O)n(CCC(=O)N[C@@H](C)C(=O)O)c2ccccc21. The van der Waals surface area contributed by atoms with Crippen molar-refractivity contribution in [3.05, 3.63) is 34.7 Å². The molecule has 2 N–H and O–H groups in total. The molecule has 0 spiro atoms. The molecule has 2 rings (SSSR count). The number of rotatable bonds is 7. The Morgan fingerprint density at radius 2 is 1.74 bits per heavy atom. The molecule has 1 aromatic carbocycles. The lowest BCUT2D eigenvalue weighted by Gasteiger charge is -2.09. The van der Waals surface area contributed by atoms with E-state index in [1.165, 1.54) is 6.92 Å². The first-order valence-corrected chi connectivity index (χ1v) is 7.66. The number of aromatic nitrogens is 2. The fraction of sp³-hybridized carbons (Fsp3) is 0.438. The molecule has 0 fully saturated rings. The van der Waals surface area contributed by atoms with Gasteiger partial charge >= 0.3 is 11.7 Å². The molecule has 0 radical (unpaired) electrons. The van der Waals surface area contributed by atoms with Gasteiger partial charge < -0.3 is 10.4 Å². The van der Waals surface area contributed by atoms with Gasteiger partial charge in [0.15, 0.2) is 0 Å². The number of carboxylic acids is 1. The molecule has 1 atom stereocenters. The Balaban J connectivity index is 2.20. The smallest absolute Gasteiger partial charge is 0.329 e. The number of carbonyl (C=O) groups excluding carboxylic acids is 1. The van der Waals surface area contributed by atoms with Gasteiger partial charge in [0.1, 0.15) is 6.04 Å². The van der Waals surface area contributed by atoms with Crippen LogP contribution in [0.15, 0.2) is 29.1 Å². The van der Waals surface area contributed by atoms with Gasteiger partial charge in [-0.2, -0.15) is 0 Å². The highest BCUT2D eigenvalue weighted by Gasteiger charge is 2.16. The third-order valence-electron chi connectivity index (χ3n) is 3.68. The predicted molar refractivity (Wildman–Crippen MR) is 86.3 cm³/mol. The molecule has 1 amide bonds. The Labute approximate surface area is 133 Å². The quantitative estimate of drug-likeness (QED) is 0.801. The van der Waals surface area contributed by atoms with E-state index in [1.807, 2.05) is 31.2 Å². The van der Waals surface area contributed by atoms with E-state index >= 15 is 0 Å². The Morgan fingerprint density at radius 1 is 1.17 bits per heavy atom. The molecule has 0 saturated carbocycles. The second-order valence-electron chi connectivity index (χ2n) is 5.45. The Bertz CT molecular complexity index is 775. The van der Waals surface area contributed by atoms with Crippen molar-refractivity contribution in [1.29, 1.82) is 0 Å². The molecule has 7 nitrogen and oxygen atoms in total. The molecule has 0 saturated heterocycles. The summed E-state index contributed by atoms with van der Waals surface area (Å²) in [5, 5.41) is 11.2. The maximum Gasteiger partial charge on any atom is 0.329 e. The van der Waals surface area contributed by atoms with Crippen LogP contribution in [0.2, 0.25) is 0 Å². The van der Waals surface area contributed by atoms with Crippen molar-refractivity contribution in [2.45, 2.75) is 45.8 Å². The predicted octanol–water partition coefficient (Wildman–Crippen LogP) is 1.19. The minimum Gasteiger partial charge on any atom is -0.480 e. The maximum absolute atomic E-state index is 12.5. The van der Waals surface area contributed by atoms with Gasteiger partial charge in [0.25, 0.3) is 0 Å². The van der Waals surface area contributed by atoms with Crippen molar-refractivity contribution in [3.8, 4) is 0 Å². The fourth-order valence-electron chi connectivity index (χ4n) is 2.52. The van der Waals surface area contributed by atoms with Crippen molar-refractivity contribution in [2.24, 2.45) is 0 Å². The molecule has 0 aliphatic heterocycles. The number of amides is 1. The summed E-state index contributed by atoms with van der Waals surface area (Å²) in [6.45, 7) is 4.24. The summed E-state index contributed by atoms with van der Waals surface area (Å²) in [6, 6.07) is 6.51. The maximum atomic E-state index is 12.5. The first-order valence-electron chi connectivity index (χ1n) is 7.66. The zero-order valence-electron chi connectivity index (χ0n) is 13.3. The van der Waals surface area contributed by atoms with Crippen molar-refractivity contribution < 1.29 is 14.7 Å². The lowest BCUT2D eigenvalue weighted by Crippen LogP contribution is -2.39. The summed E-state index contributed by atoms with van der Waals surface area (Å²) in [4.78, 5) is 35.1. The third kappa shape index (κ3) is 3.61. The number of carboxylic acid groups (broad SMARTS) is 1. The van der Waals surface area contributed by atoms with Gasteiger partial charge in [-0.05, 0) is 25.5 Å². The molecule has 1 aromatic heterocycles. The summed E-state index contributed by atoms with van der Waals surface area (Å²) in [7, 11) is 0. The normalized spacial score (nSPS) is 12.3. The minimum absolute atomic E-state index is 0.0532. The molecule has 124 valence electrons. The van der Waals surface area contributed by atoms with Crippen molar-refractivity contribution in [1.82, 2.24) is 14.5 Å². The van der Waals surface area contributed by atoms with Gasteiger partial charge in [0.05, 0.1) is 11.0 Å². The Kier molecular flexibility index (Phi) is 5.20. The molecular weight excluding hydrogens is 298 g/mol. The van der Waals surface area contributed by atoms with Crippen LogP contribution in [0.25, 0.3) is 11.0 Å². The number of para-hydroxylation sites is 2. The lowest BCUT2D eigenvalue weighted by molar-refractivity contribution is -0.141. The van der Waals surface area contributed by atoms with Crippen LogP contribution in [0.3, 0.4) is 0 Å². The van der Waals surface area contributed by atoms with E-state index in [2.05, 4.69) is 5.32 Å². The van der Waals surface area contributed by atoms with Crippen LogP contribution in [0.1, 0.15) is 26.7 Å². The monoisotopic (exact) mass is 319 g/mol. The fourth-order valence-corrected chi connectivity index (χ4v) is 2.52. The van der Waals surface area contributed by atoms with Crippen molar-refractivity contribution in [3.63, 3.8) is 0 Å². The van der Waals surface area contributed by atoms with Crippen LogP contribution >= 0.6 is 0 Å². The number of benzene rings is 1.